The van der Waals surface area contributed by atoms with Gasteiger partial charge in [0.05, 0.1) is 11.5 Å². The van der Waals surface area contributed by atoms with Gasteiger partial charge in [0.2, 0.25) is 0 Å². The fourth-order valence-electron chi connectivity index (χ4n) is 9.51. The lowest BCUT2D eigenvalue weighted by atomic mass is 9.39. The summed E-state index contributed by atoms with van der Waals surface area (Å²) < 4.78 is 14.4. The summed E-state index contributed by atoms with van der Waals surface area (Å²) in [6.07, 6.45) is 1.77. The van der Waals surface area contributed by atoms with Gasteiger partial charge in [-0.3, -0.25) is 24.0 Å². The van der Waals surface area contributed by atoms with Crippen LogP contribution in [0.3, 0.4) is 0 Å². The molecule has 7 nitrogen and oxygen atoms in total. The van der Waals surface area contributed by atoms with Gasteiger partial charge in [0.15, 0.2) is 28.7 Å². The van der Waals surface area contributed by atoms with Crippen molar-refractivity contribution in [3.63, 3.8) is 0 Å². The summed E-state index contributed by atoms with van der Waals surface area (Å²) in [6.45, 7) is 15.6. The molecular formula is C39H47FO7. The lowest BCUT2D eigenvalue weighted by molar-refractivity contribution is -0.205. The molecule has 0 aliphatic heterocycles. The van der Waals surface area contributed by atoms with Crippen LogP contribution in [0.2, 0.25) is 0 Å². The first-order valence-corrected chi connectivity index (χ1v) is 16.8. The first-order chi connectivity index (χ1) is 21.7. The van der Waals surface area contributed by atoms with E-state index >= 15 is 0 Å². The summed E-state index contributed by atoms with van der Waals surface area (Å²) in [4.78, 5) is 69.4. The Morgan fingerprint density at radius 2 is 1.64 bits per heavy atom. The highest BCUT2D eigenvalue weighted by Crippen LogP contribution is 2.64. The van der Waals surface area contributed by atoms with Crippen LogP contribution in [-0.2, 0) is 38.4 Å². The Morgan fingerprint density at radius 1 is 1.00 bits per heavy atom. The molecule has 5 rings (SSSR count). The van der Waals surface area contributed by atoms with E-state index in [4.69, 9.17) is 0 Å². The van der Waals surface area contributed by atoms with Crippen LogP contribution in [0.5, 0.6) is 5.75 Å². The fraction of sp³-hybridized carbons (Fsp3) is 0.564. The summed E-state index contributed by atoms with van der Waals surface area (Å²) in [5, 5.41) is 23.9. The highest BCUT2D eigenvalue weighted by Gasteiger charge is 2.76. The van der Waals surface area contributed by atoms with Crippen LogP contribution in [0.15, 0.2) is 18.2 Å². The van der Waals surface area contributed by atoms with Crippen LogP contribution < -0.4 is 0 Å². The smallest absolute Gasteiger partial charge is 0.190 e. The van der Waals surface area contributed by atoms with E-state index in [0.717, 1.165) is 23.6 Å². The third-order valence-electron chi connectivity index (χ3n) is 11.7. The summed E-state index contributed by atoms with van der Waals surface area (Å²) in [6, 6.07) is 5.39. The molecule has 6 atom stereocenters. The standard InChI is InChI=1S/C39H47FO7/c1-18(2)25-15-24(12-10-11-23-13-20(5)21(6)27(40)14-23)32(42)29-26(25)16-37(8)17-38(9)30(19(3)4)33(43)28(22(7)41)35(45)39(38,47)36(46)31(37)34(29)44/h13-15,18-19,28,30-31,42,47H,10-12,16-17H2,1-9H3/t28?,30?,31?,37-,38-,39+/m1/s1. The van der Waals surface area contributed by atoms with Crippen molar-refractivity contribution < 1.29 is 38.6 Å². The number of benzene rings is 2. The number of halogens is 1. The molecule has 2 aromatic rings. The zero-order valence-corrected chi connectivity index (χ0v) is 29.0. The second-order valence-electron chi connectivity index (χ2n) is 15.7. The van der Waals surface area contributed by atoms with Crippen LogP contribution in [0.4, 0.5) is 4.39 Å². The molecular weight excluding hydrogens is 599 g/mol. The van der Waals surface area contributed by atoms with E-state index in [-0.39, 0.29) is 35.9 Å². The molecule has 252 valence electrons. The first-order valence-electron chi connectivity index (χ1n) is 16.8. The summed E-state index contributed by atoms with van der Waals surface area (Å²) in [5.41, 5.74) is -0.958. The first kappa shape index (κ1) is 34.8. The Balaban J connectivity index is 1.60. The largest absolute Gasteiger partial charge is 0.507 e. The van der Waals surface area contributed by atoms with Gasteiger partial charge in [-0.05, 0) is 110 Å². The van der Waals surface area contributed by atoms with Gasteiger partial charge in [-0.15, -0.1) is 0 Å². The minimum absolute atomic E-state index is 0.0234. The molecule has 2 aromatic carbocycles. The molecule has 0 amide bonds. The van der Waals surface area contributed by atoms with Gasteiger partial charge in [-0.2, -0.15) is 0 Å². The van der Waals surface area contributed by atoms with Crippen LogP contribution in [0, 0.1) is 54.2 Å². The van der Waals surface area contributed by atoms with Gasteiger partial charge in [0.25, 0.3) is 0 Å². The van der Waals surface area contributed by atoms with Crippen LogP contribution in [0.25, 0.3) is 0 Å². The van der Waals surface area contributed by atoms with Crippen molar-refractivity contribution in [2.24, 2.45) is 34.5 Å². The molecule has 0 bridgehead atoms. The number of Topliss-reactive ketones (excluding diaryl/α,β-unsaturated/α-hetero) is 5. The molecule has 3 aliphatic rings. The molecule has 2 saturated carbocycles. The highest BCUT2D eigenvalue weighted by molar-refractivity contribution is 6.32. The van der Waals surface area contributed by atoms with Gasteiger partial charge in [-0.1, -0.05) is 53.7 Å². The van der Waals surface area contributed by atoms with Gasteiger partial charge in [-0.25, -0.2) is 4.39 Å². The zero-order chi connectivity index (χ0) is 35.1. The van der Waals surface area contributed by atoms with Crippen molar-refractivity contribution in [1.29, 1.82) is 0 Å². The van der Waals surface area contributed by atoms with Gasteiger partial charge in [0.1, 0.15) is 23.3 Å². The number of hydrogen-bond donors (Lipinski definition) is 2. The van der Waals surface area contributed by atoms with Crippen LogP contribution in [0.1, 0.15) is 111 Å². The quantitative estimate of drug-likeness (QED) is 0.346. The maximum Gasteiger partial charge on any atom is 0.190 e. The van der Waals surface area contributed by atoms with E-state index in [1.54, 1.807) is 34.6 Å². The van der Waals surface area contributed by atoms with E-state index in [1.165, 1.54) is 6.07 Å². The van der Waals surface area contributed by atoms with Crippen molar-refractivity contribution in [2.45, 2.75) is 106 Å². The van der Waals surface area contributed by atoms with E-state index in [0.29, 0.717) is 36.0 Å². The molecule has 8 heteroatoms. The van der Waals surface area contributed by atoms with Crippen molar-refractivity contribution >= 4 is 28.9 Å². The fourth-order valence-corrected chi connectivity index (χ4v) is 9.51. The average molecular weight is 647 g/mol. The minimum atomic E-state index is -2.72. The van der Waals surface area contributed by atoms with Gasteiger partial charge in [0, 0.05) is 11.3 Å². The van der Waals surface area contributed by atoms with Crippen molar-refractivity contribution in [3.05, 3.63) is 63.0 Å². The number of ketones is 5. The molecule has 0 spiro atoms. The number of aryl methyl sites for hydroxylation is 3. The molecule has 2 N–H and O–H groups in total. The number of carbonyl (C=O) groups excluding carboxylic acids is 5. The molecule has 0 heterocycles. The lowest BCUT2D eigenvalue weighted by Gasteiger charge is -2.62. The van der Waals surface area contributed by atoms with Crippen molar-refractivity contribution in [1.82, 2.24) is 0 Å². The van der Waals surface area contributed by atoms with Crippen molar-refractivity contribution in [3.8, 4) is 5.75 Å². The molecule has 0 aromatic heterocycles. The molecule has 2 fully saturated rings. The Kier molecular flexibility index (Phi) is 8.57. The van der Waals surface area contributed by atoms with Crippen LogP contribution >= 0.6 is 0 Å². The Labute approximate surface area is 276 Å². The third kappa shape index (κ3) is 4.96. The van der Waals surface area contributed by atoms with Gasteiger partial charge >= 0.3 is 0 Å². The van der Waals surface area contributed by atoms with Gasteiger partial charge < -0.3 is 10.2 Å². The van der Waals surface area contributed by atoms with E-state index in [2.05, 4.69) is 0 Å². The second-order valence-corrected chi connectivity index (χ2v) is 15.7. The monoisotopic (exact) mass is 646 g/mol. The summed E-state index contributed by atoms with van der Waals surface area (Å²) in [5.74, 6) is -9.24. The molecule has 47 heavy (non-hydrogen) atoms. The number of phenolic OH excluding ortho intramolecular Hbond substituents is 1. The number of phenols is 1. The molecule has 3 aliphatic carbocycles. The summed E-state index contributed by atoms with van der Waals surface area (Å²) in [7, 11) is 0. The molecule has 0 saturated heterocycles. The Morgan fingerprint density at radius 3 is 2.19 bits per heavy atom. The van der Waals surface area contributed by atoms with Crippen LogP contribution in [-0.4, -0.2) is 44.7 Å². The topological polar surface area (TPSA) is 126 Å². The normalized spacial score (nSPS) is 30.4. The maximum atomic E-state index is 14.6. The number of hydrogen-bond acceptors (Lipinski definition) is 7. The SMILES string of the molecule is CC(=O)C1C(=O)C(C(C)C)[C@@]2(C)C[C@@]3(C)Cc4c(C(C)C)cc(CCCc5cc(C)c(C)c(F)c5)c(O)c4C(=O)C3C(=O)[C@@]2(O)C1=O. The number of aromatic hydroxyl groups is 1. The second kappa shape index (κ2) is 11.6. The average Bonchev–Trinajstić information content (AvgIpc) is 2.94. The Hall–Kier alpha value is -3.52. The predicted octanol–water partition coefficient (Wildman–Crippen LogP) is 6.15. The third-order valence-corrected chi connectivity index (χ3v) is 11.7. The maximum absolute atomic E-state index is 14.6. The summed E-state index contributed by atoms with van der Waals surface area (Å²) >= 11 is 0. The van der Waals surface area contributed by atoms with Crippen molar-refractivity contribution in [2.75, 3.05) is 0 Å². The van der Waals surface area contributed by atoms with E-state index in [1.807, 2.05) is 32.9 Å². The molecule has 3 unspecified atom stereocenters. The number of fused-ring (bicyclic) bond motifs is 3. The lowest BCUT2D eigenvalue weighted by Crippen LogP contribution is -2.76. The highest BCUT2D eigenvalue weighted by atomic mass is 19.1. The number of aliphatic hydroxyl groups is 1. The van der Waals surface area contributed by atoms with E-state index in [9.17, 15) is 38.6 Å². The Bertz CT molecular complexity index is 1710. The zero-order valence-electron chi connectivity index (χ0n) is 29.0. The number of carbonyl (C=O) groups is 5. The predicted molar refractivity (Wildman–Crippen MR) is 175 cm³/mol. The minimum Gasteiger partial charge on any atom is -0.507 e. The number of rotatable bonds is 7. The molecule has 0 radical (unpaired) electrons. The van der Waals surface area contributed by atoms with E-state index < -0.39 is 69.0 Å².